The van der Waals surface area contributed by atoms with Crippen LogP contribution >= 0.6 is 11.3 Å². The summed E-state index contributed by atoms with van der Waals surface area (Å²) in [5, 5.41) is 16.0. The van der Waals surface area contributed by atoms with Gasteiger partial charge in [-0.1, -0.05) is 11.3 Å². The van der Waals surface area contributed by atoms with Gasteiger partial charge >= 0.3 is 0 Å². The summed E-state index contributed by atoms with van der Waals surface area (Å²) in [4.78, 5) is 11.8. The molecule has 0 bridgehead atoms. The molecule has 0 fully saturated rings. The van der Waals surface area contributed by atoms with Crippen molar-refractivity contribution in [2.75, 3.05) is 0 Å². The maximum atomic E-state index is 13.9. The molecular formula is C18H13F3N6OS. The summed E-state index contributed by atoms with van der Waals surface area (Å²) in [5.74, 6) is -3.69. The largest absolute Gasteiger partial charge is 0.364 e. The number of amides is 1. The minimum Gasteiger partial charge on any atom is -0.364 e. The maximum Gasteiger partial charge on any atom is 0.265 e. The first kappa shape index (κ1) is 18.9. The van der Waals surface area contributed by atoms with Gasteiger partial charge in [0.1, 0.15) is 28.2 Å². The van der Waals surface area contributed by atoms with Gasteiger partial charge < -0.3 is 10.3 Å². The second-order valence-electron chi connectivity index (χ2n) is 6.22. The summed E-state index contributed by atoms with van der Waals surface area (Å²) in [5.41, 5.74) is 6.45. The highest BCUT2D eigenvalue weighted by molar-refractivity contribution is 7.14. The van der Waals surface area contributed by atoms with Gasteiger partial charge in [-0.05, 0) is 17.7 Å². The first-order valence-corrected chi connectivity index (χ1v) is 9.16. The zero-order valence-corrected chi connectivity index (χ0v) is 15.5. The Morgan fingerprint density at radius 1 is 1.17 bits per heavy atom. The molecule has 3 heterocycles. The second-order valence-corrected chi connectivity index (χ2v) is 7.28. The minimum atomic E-state index is -0.997. The van der Waals surface area contributed by atoms with Crippen LogP contribution in [0.25, 0.3) is 10.7 Å². The van der Waals surface area contributed by atoms with Crippen LogP contribution in [0.3, 0.4) is 0 Å². The topological polar surface area (TPSA) is 102 Å². The number of nitrogens with zero attached hydrogens (tertiary/aromatic N) is 4. The van der Waals surface area contributed by atoms with Crippen LogP contribution in [0.15, 0.2) is 36.7 Å². The summed E-state index contributed by atoms with van der Waals surface area (Å²) >= 11 is 1.30. The lowest BCUT2D eigenvalue weighted by atomic mass is 10.1. The Balaban J connectivity index is 1.62. The highest BCUT2D eigenvalue weighted by Gasteiger charge is 2.17. The number of hydrogen-bond donors (Lipinski definition) is 2. The number of H-pyrrole nitrogens is 1. The van der Waals surface area contributed by atoms with Crippen LogP contribution in [-0.2, 0) is 13.0 Å². The number of rotatable bonds is 6. The van der Waals surface area contributed by atoms with E-state index in [0.717, 1.165) is 0 Å². The van der Waals surface area contributed by atoms with Gasteiger partial charge in [-0.2, -0.15) is 5.10 Å². The van der Waals surface area contributed by atoms with Crippen molar-refractivity contribution in [1.29, 1.82) is 0 Å². The third-order valence-electron chi connectivity index (χ3n) is 4.20. The number of carbonyl (C=O) groups is 1. The maximum absolute atomic E-state index is 13.9. The minimum absolute atomic E-state index is 0.154. The monoisotopic (exact) mass is 418 g/mol. The number of benzene rings is 1. The fourth-order valence-electron chi connectivity index (χ4n) is 2.90. The van der Waals surface area contributed by atoms with Gasteiger partial charge in [0.05, 0.1) is 12.2 Å². The van der Waals surface area contributed by atoms with Crippen LogP contribution in [0.1, 0.15) is 26.6 Å². The first-order chi connectivity index (χ1) is 13.9. The van der Waals surface area contributed by atoms with E-state index in [9.17, 15) is 18.0 Å². The zero-order chi connectivity index (χ0) is 20.5. The smallest absolute Gasteiger partial charge is 0.265 e. The number of primary amides is 1. The third kappa shape index (κ3) is 3.90. The summed E-state index contributed by atoms with van der Waals surface area (Å²) in [7, 11) is 0. The van der Waals surface area contributed by atoms with E-state index in [-0.39, 0.29) is 24.2 Å². The second kappa shape index (κ2) is 7.51. The first-order valence-electron chi connectivity index (χ1n) is 8.35. The third-order valence-corrected chi connectivity index (χ3v) is 5.14. The molecule has 29 heavy (non-hydrogen) atoms. The molecule has 148 valence electrons. The average molecular weight is 418 g/mol. The molecule has 0 saturated carbocycles. The lowest BCUT2D eigenvalue weighted by Gasteiger charge is -2.04. The van der Waals surface area contributed by atoms with Crippen molar-refractivity contribution in [3.8, 4) is 10.7 Å². The van der Waals surface area contributed by atoms with E-state index in [0.29, 0.717) is 33.4 Å². The Morgan fingerprint density at radius 2 is 1.93 bits per heavy atom. The van der Waals surface area contributed by atoms with Crippen molar-refractivity contribution in [3.63, 3.8) is 0 Å². The van der Waals surface area contributed by atoms with E-state index in [4.69, 9.17) is 5.73 Å². The summed E-state index contributed by atoms with van der Waals surface area (Å²) in [6.45, 7) is 0.193. The Hall–Kier alpha value is -3.47. The van der Waals surface area contributed by atoms with E-state index >= 15 is 0 Å². The number of halogens is 3. The number of nitrogens with one attached hydrogen (secondary N) is 1. The highest BCUT2D eigenvalue weighted by atomic mass is 32.1. The predicted octanol–water partition coefficient (Wildman–Crippen LogP) is 2.89. The van der Waals surface area contributed by atoms with E-state index in [1.807, 2.05) is 0 Å². The lowest BCUT2D eigenvalue weighted by molar-refractivity contribution is 0.0992. The molecule has 1 aromatic carbocycles. The van der Waals surface area contributed by atoms with Gasteiger partial charge in [0.2, 0.25) is 0 Å². The molecule has 0 spiro atoms. The van der Waals surface area contributed by atoms with Crippen LogP contribution in [0.4, 0.5) is 13.2 Å². The van der Waals surface area contributed by atoms with E-state index in [2.05, 4.69) is 20.4 Å². The fourth-order valence-corrected chi connectivity index (χ4v) is 3.71. The molecule has 4 aromatic rings. The number of nitrogens with two attached hydrogens (primary N) is 1. The van der Waals surface area contributed by atoms with Crippen LogP contribution in [0.5, 0.6) is 0 Å². The van der Waals surface area contributed by atoms with Crippen molar-refractivity contribution < 1.29 is 18.0 Å². The molecule has 3 N–H and O–H groups in total. The molecule has 11 heteroatoms. The van der Waals surface area contributed by atoms with Gasteiger partial charge in [-0.25, -0.2) is 13.2 Å². The molecule has 1 amide bonds. The lowest BCUT2D eigenvalue weighted by Crippen LogP contribution is -2.16. The normalized spacial score (nSPS) is 11.1. The average Bonchev–Trinajstić information content (AvgIpc) is 3.39. The van der Waals surface area contributed by atoms with Gasteiger partial charge in [-0.15, -0.1) is 10.2 Å². The van der Waals surface area contributed by atoms with Crippen molar-refractivity contribution in [1.82, 2.24) is 25.0 Å². The Bertz CT molecular complexity index is 1160. The van der Waals surface area contributed by atoms with Crippen LogP contribution in [0, 0.1) is 17.5 Å². The van der Waals surface area contributed by atoms with Gasteiger partial charge in [0, 0.05) is 36.5 Å². The highest BCUT2D eigenvalue weighted by Crippen LogP contribution is 2.24. The molecule has 0 saturated heterocycles. The van der Waals surface area contributed by atoms with E-state index in [1.54, 1.807) is 18.5 Å². The summed E-state index contributed by atoms with van der Waals surface area (Å²) in [6.07, 6.45) is 2.98. The van der Waals surface area contributed by atoms with Crippen molar-refractivity contribution in [2.45, 2.75) is 13.0 Å². The molecule has 0 atom stereocenters. The van der Waals surface area contributed by atoms with Crippen LogP contribution < -0.4 is 5.73 Å². The molecule has 0 radical (unpaired) electrons. The molecule has 0 aliphatic heterocycles. The fraction of sp³-hybridized carbons (Fsp3) is 0.111. The van der Waals surface area contributed by atoms with Gasteiger partial charge in [0.25, 0.3) is 5.91 Å². The number of aromatic nitrogens is 5. The van der Waals surface area contributed by atoms with Gasteiger partial charge in [-0.3, -0.25) is 9.89 Å². The van der Waals surface area contributed by atoms with Crippen LogP contribution in [0.2, 0.25) is 0 Å². The molecular weight excluding hydrogens is 405 g/mol. The summed E-state index contributed by atoms with van der Waals surface area (Å²) < 4.78 is 42.5. The molecule has 4 rings (SSSR count). The Labute approximate surface area is 166 Å². The SMILES string of the molecule is NC(=O)c1cc(Cc2c(F)cc(F)cc2F)cn1Cc1nnc(-c2ccn[nH]2)s1. The molecule has 0 aliphatic carbocycles. The Kier molecular flexibility index (Phi) is 4.89. The Morgan fingerprint density at radius 3 is 2.59 bits per heavy atom. The van der Waals surface area contributed by atoms with Crippen molar-refractivity contribution in [3.05, 3.63) is 75.9 Å². The number of hydrogen-bond acceptors (Lipinski definition) is 5. The van der Waals surface area contributed by atoms with Crippen LogP contribution in [-0.4, -0.2) is 30.9 Å². The molecule has 0 aliphatic rings. The quantitative estimate of drug-likeness (QED) is 0.503. The number of carbonyl (C=O) groups excluding carboxylic acids is 1. The van der Waals surface area contributed by atoms with Crippen molar-refractivity contribution >= 4 is 17.2 Å². The molecule has 3 aromatic heterocycles. The molecule has 7 nitrogen and oxygen atoms in total. The van der Waals surface area contributed by atoms with E-state index in [1.165, 1.54) is 22.0 Å². The standard InChI is InChI=1S/C18H13F3N6OS/c19-10-5-12(20)11(13(21)6-10)3-9-4-15(17(22)28)27(7-9)8-16-25-26-18(29-16)14-1-2-23-24-14/h1-2,4-7H,3,8H2,(H2,22,28)(H,23,24). The van der Waals surface area contributed by atoms with Crippen molar-refractivity contribution in [2.24, 2.45) is 5.73 Å². The molecule has 0 unspecified atom stereocenters. The zero-order valence-electron chi connectivity index (χ0n) is 14.7. The van der Waals surface area contributed by atoms with Gasteiger partial charge in [0.15, 0.2) is 5.01 Å². The predicted molar refractivity (Wildman–Crippen MR) is 98.7 cm³/mol. The van der Waals surface area contributed by atoms with E-state index < -0.39 is 23.4 Å². The number of aromatic amines is 1. The summed E-state index contributed by atoms with van der Waals surface area (Å²) in [6, 6.07) is 4.42.